The highest BCUT2D eigenvalue weighted by Gasteiger charge is 2.46. The molecule has 172 valence electrons. The average Bonchev–Trinajstić information content (AvgIpc) is 3.10. The third kappa shape index (κ3) is 3.56. The van der Waals surface area contributed by atoms with E-state index in [9.17, 15) is 17.6 Å². The van der Waals surface area contributed by atoms with Gasteiger partial charge in [-0.25, -0.2) is 22.8 Å². The molecule has 11 heteroatoms. The summed E-state index contributed by atoms with van der Waals surface area (Å²) in [5.74, 6) is -0.713. The van der Waals surface area contributed by atoms with Gasteiger partial charge < -0.3 is 9.88 Å². The molecule has 9 nitrogen and oxygen atoms in total. The molecule has 0 radical (unpaired) electrons. The fraction of sp³-hybridized carbons (Fsp3) is 0.364. The Balaban J connectivity index is 1.59. The Hall–Kier alpha value is -3.34. The summed E-state index contributed by atoms with van der Waals surface area (Å²) in [4.78, 5) is 22.0. The van der Waals surface area contributed by atoms with E-state index in [1.165, 1.54) is 17.1 Å². The molecule has 1 aliphatic heterocycles. The van der Waals surface area contributed by atoms with Crippen molar-refractivity contribution in [2.45, 2.75) is 42.5 Å². The van der Waals surface area contributed by atoms with Gasteiger partial charge in [0.15, 0.2) is 9.84 Å². The van der Waals surface area contributed by atoms with E-state index in [0.29, 0.717) is 24.2 Å². The van der Waals surface area contributed by atoms with Crippen molar-refractivity contribution < 1.29 is 17.6 Å². The number of nitrogens with zero attached hydrogens (tertiary/aromatic N) is 5. The van der Waals surface area contributed by atoms with Gasteiger partial charge in [0.05, 0.1) is 11.9 Å². The first-order valence-corrected chi connectivity index (χ1v) is 12.6. The predicted molar refractivity (Wildman–Crippen MR) is 122 cm³/mol. The van der Waals surface area contributed by atoms with Crippen molar-refractivity contribution in [3.05, 3.63) is 42.0 Å². The quantitative estimate of drug-likeness (QED) is 0.630. The van der Waals surface area contributed by atoms with Crippen LogP contribution in [0.1, 0.15) is 37.8 Å². The van der Waals surface area contributed by atoms with E-state index in [4.69, 9.17) is 0 Å². The second kappa shape index (κ2) is 7.62. The van der Waals surface area contributed by atoms with Gasteiger partial charge in [0.2, 0.25) is 5.95 Å². The average molecular weight is 471 g/mol. The van der Waals surface area contributed by atoms with E-state index in [1.54, 1.807) is 19.5 Å². The van der Waals surface area contributed by atoms with E-state index in [1.807, 2.05) is 10.6 Å². The van der Waals surface area contributed by atoms with Gasteiger partial charge in [-0.2, -0.15) is 10.1 Å². The number of aromatic nitrogens is 3. The molecule has 3 aromatic rings. The zero-order valence-electron chi connectivity index (χ0n) is 18.2. The maximum atomic E-state index is 14.3. The normalized spacial score (nSPS) is 17.9. The Labute approximate surface area is 190 Å². The third-order valence-corrected chi connectivity index (χ3v) is 7.45. The molecule has 3 heterocycles. The second-order valence-electron chi connectivity index (χ2n) is 8.59. The Morgan fingerprint density at radius 1 is 1.15 bits per heavy atom. The number of nitrogens with one attached hydrogen (secondary N) is 1. The van der Waals surface area contributed by atoms with Crippen molar-refractivity contribution in [1.29, 1.82) is 0 Å². The van der Waals surface area contributed by atoms with Gasteiger partial charge >= 0.3 is 0 Å². The monoisotopic (exact) mass is 470 g/mol. The van der Waals surface area contributed by atoms with Crippen LogP contribution in [0.4, 0.5) is 16.0 Å². The minimum Gasteiger partial charge on any atom is -0.324 e. The van der Waals surface area contributed by atoms with Gasteiger partial charge in [0, 0.05) is 30.6 Å². The fourth-order valence-electron chi connectivity index (χ4n) is 4.79. The summed E-state index contributed by atoms with van der Waals surface area (Å²) in [7, 11) is -2.00. The first-order chi connectivity index (χ1) is 15.7. The lowest BCUT2D eigenvalue weighted by Crippen LogP contribution is -2.48. The summed E-state index contributed by atoms with van der Waals surface area (Å²) >= 11 is 0. The van der Waals surface area contributed by atoms with Gasteiger partial charge in [-0.3, -0.25) is 4.79 Å². The number of amides is 1. The molecular formula is C22H23FN6O3S. The fourth-order valence-corrected chi connectivity index (χ4v) is 5.52. The van der Waals surface area contributed by atoms with Gasteiger partial charge in [-0.05, 0) is 37.1 Å². The maximum absolute atomic E-state index is 14.3. The van der Waals surface area contributed by atoms with Gasteiger partial charge in [-0.1, -0.05) is 19.3 Å². The molecule has 1 amide bonds. The van der Waals surface area contributed by atoms with Crippen LogP contribution in [0.5, 0.6) is 0 Å². The van der Waals surface area contributed by atoms with Crippen molar-refractivity contribution in [3.63, 3.8) is 0 Å². The Morgan fingerprint density at radius 3 is 2.61 bits per heavy atom. The number of hydrogen-bond acceptors (Lipinski definition) is 7. The third-order valence-electron chi connectivity index (χ3n) is 6.32. The minimum absolute atomic E-state index is 0.0683. The summed E-state index contributed by atoms with van der Waals surface area (Å²) < 4.78 is 39.6. The van der Waals surface area contributed by atoms with E-state index >= 15 is 0 Å². The standard InChI is InChI=1S/C22H23FN6O3S/c1-28-20(30)22(8-4-3-5-9-22)29-16(13-25-28)10-14-12-24-21(27-19(14)29)26-15-6-7-18(17(23)11-15)33(2,31)32/h6-7,10-13H,3-5,8-9H2,1-2H3,(H,24,26,27). The van der Waals surface area contributed by atoms with Crippen LogP contribution in [0, 0.1) is 5.82 Å². The summed E-state index contributed by atoms with van der Waals surface area (Å²) in [6.45, 7) is 0. The van der Waals surface area contributed by atoms with Crippen LogP contribution in [0.15, 0.2) is 40.5 Å². The maximum Gasteiger partial charge on any atom is 0.268 e. The van der Waals surface area contributed by atoms with Crippen LogP contribution in [-0.2, 0) is 20.2 Å². The van der Waals surface area contributed by atoms with Crippen LogP contribution >= 0.6 is 0 Å². The molecule has 0 atom stereocenters. The topological polar surface area (TPSA) is 110 Å². The summed E-state index contributed by atoms with van der Waals surface area (Å²) in [5, 5.41) is 9.41. The van der Waals surface area contributed by atoms with E-state index < -0.39 is 21.2 Å². The Kier molecular flexibility index (Phi) is 4.96. The molecule has 2 aliphatic rings. The highest BCUT2D eigenvalue weighted by molar-refractivity contribution is 7.90. The molecule has 1 aliphatic carbocycles. The zero-order chi connectivity index (χ0) is 23.4. The van der Waals surface area contributed by atoms with Crippen molar-refractivity contribution in [1.82, 2.24) is 19.5 Å². The molecular weight excluding hydrogens is 447 g/mol. The van der Waals surface area contributed by atoms with Crippen molar-refractivity contribution in [2.24, 2.45) is 5.10 Å². The van der Waals surface area contributed by atoms with E-state index in [2.05, 4.69) is 20.4 Å². The van der Waals surface area contributed by atoms with Crippen molar-refractivity contribution in [3.8, 4) is 0 Å². The van der Waals surface area contributed by atoms with E-state index in [0.717, 1.165) is 42.7 Å². The number of likely N-dealkylation sites (N-methyl/N-ethyl adjacent to an activating group) is 1. The Bertz CT molecular complexity index is 1410. The first-order valence-electron chi connectivity index (χ1n) is 10.7. The number of hydrogen-bond donors (Lipinski definition) is 1. The summed E-state index contributed by atoms with van der Waals surface area (Å²) in [5.41, 5.74) is 0.911. The van der Waals surface area contributed by atoms with Crippen LogP contribution < -0.4 is 5.32 Å². The number of sulfone groups is 1. The van der Waals surface area contributed by atoms with Crippen LogP contribution in [0.2, 0.25) is 0 Å². The molecule has 0 bridgehead atoms. The summed E-state index contributed by atoms with van der Waals surface area (Å²) in [6, 6.07) is 5.67. The molecule has 5 rings (SSSR count). The second-order valence-corrected chi connectivity index (χ2v) is 10.6. The van der Waals surface area contributed by atoms with E-state index in [-0.39, 0.29) is 16.8 Å². The molecule has 1 saturated carbocycles. The smallest absolute Gasteiger partial charge is 0.268 e. The van der Waals surface area contributed by atoms with Crippen LogP contribution in [0.25, 0.3) is 11.0 Å². The highest BCUT2D eigenvalue weighted by atomic mass is 32.2. The molecule has 1 spiro atoms. The summed E-state index contributed by atoms with van der Waals surface area (Å²) in [6.07, 6.45) is 8.59. The number of hydrazone groups is 1. The van der Waals surface area contributed by atoms with Crippen molar-refractivity contribution in [2.75, 3.05) is 18.6 Å². The lowest BCUT2D eigenvalue weighted by Gasteiger charge is -2.38. The molecule has 2 aromatic heterocycles. The first kappa shape index (κ1) is 21.5. The zero-order valence-corrected chi connectivity index (χ0v) is 19.1. The van der Waals surface area contributed by atoms with Gasteiger partial charge in [-0.15, -0.1) is 0 Å². The minimum atomic E-state index is -3.67. The molecule has 1 aromatic carbocycles. The largest absolute Gasteiger partial charge is 0.324 e. The van der Waals surface area contributed by atoms with Gasteiger partial charge in [0.1, 0.15) is 21.9 Å². The van der Waals surface area contributed by atoms with Gasteiger partial charge in [0.25, 0.3) is 5.91 Å². The molecule has 0 saturated heterocycles. The Morgan fingerprint density at radius 2 is 1.91 bits per heavy atom. The van der Waals surface area contributed by atoms with Crippen molar-refractivity contribution >= 4 is 44.6 Å². The van der Waals surface area contributed by atoms with Crippen LogP contribution in [-0.4, -0.2) is 53.4 Å². The van der Waals surface area contributed by atoms with Crippen LogP contribution in [0.3, 0.4) is 0 Å². The lowest BCUT2D eigenvalue weighted by atomic mass is 9.80. The predicted octanol–water partition coefficient (Wildman–Crippen LogP) is 3.18. The number of carbonyl (C=O) groups is 1. The number of fused-ring (bicyclic) bond motifs is 4. The molecule has 33 heavy (non-hydrogen) atoms. The SMILES string of the molecule is CN1N=Cc2cc3cnc(Nc4ccc(S(C)(=O)=O)c(F)c4)nc3n2C2(CCCCC2)C1=O. The number of halogens is 1. The molecule has 1 fully saturated rings. The molecule has 1 N–H and O–H groups in total. The highest BCUT2D eigenvalue weighted by Crippen LogP contribution is 2.41. The lowest BCUT2D eigenvalue weighted by molar-refractivity contribution is -0.141. The number of benzene rings is 1. The number of anilines is 2. The molecule has 0 unspecified atom stereocenters. The number of carbonyl (C=O) groups excluding carboxylic acids is 1. The number of rotatable bonds is 3.